The summed E-state index contributed by atoms with van der Waals surface area (Å²) in [6, 6.07) is 5.55. The highest BCUT2D eigenvalue weighted by Crippen LogP contribution is 1.98. The summed E-state index contributed by atoms with van der Waals surface area (Å²) in [6.45, 7) is 0. The summed E-state index contributed by atoms with van der Waals surface area (Å²) in [5, 5.41) is 0. The summed E-state index contributed by atoms with van der Waals surface area (Å²) in [7, 11) is 0. The molecule has 0 bridgehead atoms. The molecule has 1 aromatic heterocycles. The van der Waals surface area contributed by atoms with Crippen molar-refractivity contribution in [2.45, 2.75) is 12.8 Å². The Morgan fingerprint density at radius 1 is 1.58 bits per heavy atom. The molecular formula is C8H10N2O2. The van der Waals surface area contributed by atoms with Gasteiger partial charge in [-0.25, -0.2) is 0 Å². The zero-order chi connectivity index (χ0) is 8.81. The van der Waals surface area contributed by atoms with Crippen molar-refractivity contribution in [1.82, 2.24) is 4.98 Å². The Kier molecular flexibility index (Phi) is 3.22. The van der Waals surface area contributed by atoms with E-state index in [1.807, 2.05) is 18.2 Å². The van der Waals surface area contributed by atoms with Crippen LogP contribution in [-0.2, 0) is 16.1 Å². The number of aryl methyl sites for hydroxylation is 1. The molecule has 12 heavy (non-hydrogen) atoms. The fourth-order valence-electron chi connectivity index (χ4n) is 0.835. The van der Waals surface area contributed by atoms with Crippen LogP contribution >= 0.6 is 0 Å². The maximum absolute atomic E-state index is 10.6. The lowest BCUT2D eigenvalue weighted by Crippen LogP contribution is -2.10. The number of pyridine rings is 1. The third kappa shape index (κ3) is 2.67. The molecule has 1 heterocycles. The standard InChI is InChI=1S/C8H10N2O2/c9-12-8(11)5-4-7-3-1-2-6-10-7/h1-3,6H,4-5,9H2. The second kappa shape index (κ2) is 4.46. The van der Waals surface area contributed by atoms with Gasteiger partial charge in [-0.05, 0) is 12.1 Å². The van der Waals surface area contributed by atoms with Crippen molar-refractivity contribution in [1.29, 1.82) is 0 Å². The van der Waals surface area contributed by atoms with E-state index in [1.165, 1.54) is 0 Å². The fraction of sp³-hybridized carbons (Fsp3) is 0.250. The number of nitrogens with two attached hydrogens (primary N) is 1. The SMILES string of the molecule is NOC(=O)CCc1ccccn1. The lowest BCUT2D eigenvalue weighted by Gasteiger charge is -1.97. The van der Waals surface area contributed by atoms with Gasteiger partial charge in [-0.3, -0.25) is 9.78 Å². The second-order valence-electron chi connectivity index (χ2n) is 2.31. The first-order valence-electron chi connectivity index (χ1n) is 3.62. The van der Waals surface area contributed by atoms with Crippen LogP contribution in [0.3, 0.4) is 0 Å². The average molecular weight is 166 g/mol. The first-order chi connectivity index (χ1) is 5.83. The molecule has 0 amide bonds. The predicted octanol–water partition coefficient (Wildman–Crippen LogP) is 0.431. The molecule has 0 unspecified atom stereocenters. The van der Waals surface area contributed by atoms with Crippen LogP contribution in [0.5, 0.6) is 0 Å². The van der Waals surface area contributed by atoms with Gasteiger partial charge in [0.05, 0.1) is 6.42 Å². The molecule has 0 atom stereocenters. The molecule has 1 aromatic rings. The maximum atomic E-state index is 10.6. The molecule has 0 aliphatic carbocycles. The van der Waals surface area contributed by atoms with Crippen molar-refractivity contribution in [3.05, 3.63) is 30.1 Å². The summed E-state index contributed by atoms with van der Waals surface area (Å²) < 4.78 is 0. The Hall–Kier alpha value is -1.42. The molecule has 2 N–H and O–H groups in total. The summed E-state index contributed by atoms with van der Waals surface area (Å²) >= 11 is 0. The maximum Gasteiger partial charge on any atom is 0.324 e. The molecule has 0 saturated carbocycles. The predicted molar refractivity (Wildman–Crippen MR) is 42.8 cm³/mol. The van der Waals surface area contributed by atoms with E-state index in [4.69, 9.17) is 0 Å². The van der Waals surface area contributed by atoms with E-state index in [2.05, 4.69) is 15.7 Å². The van der Waals surface area contributed by atoms with Crippen LogP contribution in [0.1, 0.15) is 12.1 Å². The molecule has 0 aliphatic rings. The van der Waals surface area contributed by atoms with Gasteiger partial charge < -0.3 is 4.84 Å². The van der Waals surface area contributed by atoms with Gasteiger partial charge in [-0.2, -0.15) is 5.90 Å². The minimum absolute atomic E-state index is 0.271. The number of rotatable bonds is 3. The van der Waals surface area contributed by atoms with Crippen LogP contribution in [-0.4, -0.2) is 11.0 Å². The minimum Gasteiger partial charge on any atom is -0.373 e. The van der Waals surface area contributed by atoms with Gasteiger partial charge in [0.25, 0.3) is 0 Å². The largest absolute Gasteiger partial charge is 0.373 e. The highest BCUT2D eigenvalue weighted by molar-refractivity contribution is 5.69. The molecule has 0 fully saturated rings. The molecule has 0 spiro atoms. The van der Waals surface area contributed by atoms with Crippen molar-refractivity contribution in [3.8, 4) is 0 Å². The number of aromatic nitrogens is 1. The lowest BCUT2D eigenvalue weighted by atomic mass is 10.2. The molecule has 4 heteroatoms. The number of carbonyl (C=O) groups excluding carboxylic acids is 1. The topological polar surface area (TPSA) is 65.2 Å². The van der Waals surface area contributed by atoms with Crippen molar-refractivity contribution >= 4 is 5.97 Å². The fourth-order valence-corrected chi connectivity index (χ4v) is 0.835. The number of nitrogens with zero attached hydrogens (tertiary/aromatic N) is 1. The quantitative estimate of drug-likeness (QED) is 0.661. The number of hydrogen-bond donors (Lipinski definition) is 1. The Bertz CT molecular complexity index is 248. The Morgan fingerprint density at radius 2 is 2.42 bits per heavy atom. The summed E-state index contributed by atoms with van der Waals surface area (Å²) in [4.78, 5) is 18.7. The van der Waals surface area contributed by atoms with Gasteiger partial charge in [0.15, 0.2) is 0 Å². The van der Waals surface area contributed by atoms with Crippen LogP contribution in [0.2, 0.25) is 0 Å². The van der Waals surface area contributed by atoms with Crippen molar-refractivity contribution < 1.29 is 9.63 Å². The molecule has 0 saturated heterocycles. The van der Waals surface area contributed by atoms with Gasteiger partial charge >= 0.3 is 5.97 Å². The monoisotopic (exact) mass is 166 g/mol. The van der Waals surface area contributed by atoms with Crippen LogP contribution in [0, 0.1) is 0 Å². The molecular weight excluding hydrogens is 156 g/mol. The van der Waals surface area contributed by atoms with Gasteiger partial charge in [0, 0.05) is 18.3 Å². The van der Waals surface area contributed by atoms with Crippen LogP contribution in [0.25, 0.3) is 0 Å². The number of carbonyl (C=O) groups is 1. The molecule has 0 aromatic carbocycles. The smallest absolute Gasteiger partial charge is 0.324 e. The van der Waals surface area contributed by atoms with E-state index in [1.54, 1.807) is 6.20 Å². The molecule has 4 nitrogen and oxygen atoms in total. The van der Waals surface area contributed by atoms with Crippen molar-refractivity contribution in [3.63, 3.8) is 0 Å². The van der Waals surface area contributed by atoms with E-state index in [0.717, 1.165) is 5.69 Å². The van der Waals surface area contributed by atoms with E-state index in [0.29, 0.717) is 6.42 Å². The van der Waals surface area contributed by atoms with E-state index in [9.17, 15) is 4.79 Å². The summed E-state index contributed by atoms with van der Waals surface area (Å²) in [5.74, 6) is 4.25. The Balaban J connectivity index is 2.38. The van der Waals surface area contributed by atoms with E-state index >= 15 is 0 Å². The normalized spacial score (nSPS) is 9.42. The van der Waals surface area contributed by atoms with Gasteiger partial charge in [0.1, 0.15) is 0 Å². The van der Waals surface area contributed by atoms with E-state index < -0.39 is 5.97 Å². The number of hydrogen-bond acceptors (Lipinski definition) is 4. The van der Waals surface area contributed by atoms with Crippen LogP contribution in [0.15, 0.2) is 24.4 Å². The second-order valence-corrected chi connectivity index (χ2v) is 2.31. The summed E-state index contributed by atoms with van der Waals surface area (Å²) in [6.07, 6.45) is 2.52. The molecule has 64 valence electrons. The van der Waals surface area contributed by atoms with Crippen LogP contribution < -0.4 is 5.90 Å². The Labute approximate surface area is 70.3 Å². The first kappa shape index (κ1) is 8.67. The minimum atomic E-state index is -0.416. The molecule has 0 radical (unpaired) electrons. The Morgan fingerprint density at radius 3 is 3.00 bits per heavy atom. The highest BCUT2D eigenvalue weighted by Gasteiger charge is 2.01. The highest BCUT2D eigenvalue weighted by atomic mass is 16.7. The van der Waals surface area contributed by atoms with Gasteiger partial charge in [-0.15, -0.1) is 0 Å². The van der Waals surface area contributed by atoms with Gasteiger partial charge in [0.2, 0.25) is 0 Å². The zero-order valence-electron chi connectivity index (χ0n) is 6.56. The van der Waals surface area contributed by atoms with E-state index in [-0.39, 0.29) is 6.42 Å². The van der Waals surface area contributed by atoms with Crippen molar-refractivity contribution in [2.24, 2.45) is 5.90 Å². The third-order valence-electron chi connectivity index (χ3n) is 1.44. The van der Waals surface area contributed by atoms with Gasteiger partial charge in [-0.1, -0.05) is 6.07 Å². The molecule has 1 rings (SSSR count). The van der Waals surface area contributed by atoms with Crippen LogP contribution in [0.4, 0.5) is 0 Å². The molecule has 0 aliphatic heterocycles. The first-order valence-corrected chi connectivity index (χ1v) is 3.62. The summed E-state index contributed by atoms with van der Waals surface area (Å²) in [5.41, 5.74) is 0.864. The zero-order valence-corrected chi connectivity index (χ0v) is 6.56. The van der Waals surface area contributed by atoms with Crippen molar-refractivity contribution in [2.75, 3.05) is 0 Å². The third-order valence-corrected chi connectivity index (χ3v) is 1.44. The lowest BCUT2D eigenvalue weighted by molar-refractivity contribution is -0.144. The average Bonchev–Trinajstić information content (AvgIpc) is 2.16.